The van der Waals surface area contributed by atoms with E-state index in [2.05, 4.69) is 104 Å². The van der Waals surface area contributed by atoms with Crippen LogP contribution in [0.25, 0.3) is 67.4 Å². The summed E-state index contributed by atoms with van der Waals surface area (Å²) in [5.74, 6) is 2.63. The summed E-state index contributed by atoms with van der Waals surface area (Å²) in [7, 11) is 0. The lowest BCUT2D eigenvalue weighted by atomic mass is 9.94. The summed E-state index contributed by atoms with van der Waals surface area (Å²) in [6.45, 7) is 16.8. The van der Waals surface area contributed by atoms with Crippen molar-refractivity contribution in [3.05, 3.63) is 90.7 Å². The van der Waals surface area contributed by atoms with E-state index < -0.39 is 0 Å². The number of nitrogens with one attached hydrogen (secondary N) is 2. The van der Waals surface area contributed by atoms with Gasteiger partial charge in [0.2, 0.25) is 0 Å². The molecule has 0 radical (unpaired) electrons. The predicted octanol–water partition coefficient (Wildman–Crippen LogP) is 8.85. The topological polar surface area (TPSA) is 70.2 Å². The molecule has 3 aromatic carbocycles. The van der Waals surface area contributed by atoms with E-state index in [4.69, 9.17) is 9.97 Å². The highest BCUT2D eigenvalue weighted by molar-refractivity contribution is 6.13. The number of rotatable bonds is 6. The van der Waals surface area contributed by atoms with Gasteiger partial charge in [0.05, 0.1) is 34.1 Å². The summed E-state index contributed by atoms with van der Waals surface area (Å²) in [6, 6.07) is 17.1. The average molecular weight is 498 g/mol. The second-order valence-corrected chi connectivity index (χ2v) is 10.4. The minimum atomic E-state index is 0.300. The van der Waals surface area contributed by atoms with Gasteiger partial charge in [-0.15, -0.1) is 0 Å². The molecule has 0 bridgehead atoms. The van der Waals surface area contributed by atoms with Gasteiger partial charge in [0.15, 0.2) is 0 Å². The summed E-state index contributed by atoms with van der Waals surface area (Å²) < 4.78 is 0. The number of fused-ring (bicyclic) bond motifs is 4. The molecule has 0 fully saturated rings. The molecular weight excluding hydrogens is 466 g/mol. The third-order valence-electron chi connectivity index (χ3n) is 7.24. The number of hydrogen-bond donors (Lipinski definition) is 2. The molecule has 0 aliphatic heterocycles. The lowest BCUT2D eigenvalue weighted by molar-refractivity contribution is 0.795. The minimum Gasteiger partial charge on any atom is -0.342 e. The molecule has 3 heterocycles. The molecule has 6 aromatic rings. The van der Waals surface area contributed by atoms with Gasteiger partial charge in [0.25, 0.3) is 0 Å². The number of nitrogens with zero attached hydrogens (tertiary/aromatic N) is 3. The van der Waals surface area contributed by atoms with Gasteiger partial charge in [0, 0.05) is 39.3 Å². The molecular formula is C33H31N5. The van der Waals surface area contributed by atoms with Crippen molar-refractivity contribution in [3.63, 3.8) is 0 Å². The highest BCUT2D eigenvalue weighted by Crippen LogP contribution is 2.36. The molecule has 38 heavy (non-hydrogen) atoms. The molecule has 5 nitrogen and oxygen atoms in total. The van der Waals surface area contributed by atoms with Gasteiger partial charge < -0.3 is 9.97 Å². The first-order valence-corrected chi connectivity index (χ1v) is 13.1. The molecule has 6 rings (SSSR count). The summed E-state index contributed by atoms with van der Waals surface area (Å²) >= 11 is 0. The maximum absolute atomic E-state index is 5.01. The van der Waals surface area contributed by atoms with Gasteiger partial charge >= 0.3 is 0 Å². The molecule has 0 amide bonds. The number of H-pyrrole nitrogens is 2. The Kier molecular flexibility index (Phi) is 5.72. The lowest BCUT2D eigenvalue weighted by Crippen LogP contribution is -1.91. The molecule has 0 aliphatic carbocycles. The van der Waals surface area contributed by atoms with Gasteiger partial charge in [0.1, 0.15) is 11.6 Å². The maximum atomic E-state index is 5.01. The van der Waals surface area contributed by atoms with E-state index in [9.17, 15) is 0 Å². The number of pyridine rings is 1. The Morgan fingerprint density at radius 3 is 2.21 bits per heavy atom. The van der Waals surface area contributed by atoms with Gasteiger partial charge in [-0.3, -0.25) is 0 Å². The molecule has 5 heteroatoms. The molecule has 0 spiro atoms. The van der Waals surface area contributed by atoms with E-state index in [1.807, 2.05) is 18.3 Å². The zero-order valence-corrected chi connectivity index (χ0v) is 22.3. The first-order chi connectivity index (χ1) is 18.4. The normalized spacial score (nSPS) is 11.8. The van der Waals surface area contributed by atoms with Crippen molar-refractivity contribution in [2.45, 2.75) is 39.5 Å². The zero-order chi connectivity index (χ0) is 26.6. The second kappa shape index (κ2) is 9.10. The van der Waals surface area contributed by atoms with Crippen molar-refractivity contribution < 1.29 is 0 Å². The number of imidazole rings is 2. The molecule has 0 saturated heterocycles. The Bertz CT molecular complexity index is 1870. The predicted molar refractivity (Wildman–Crippen MR) is 160 cm³/mol. The highest BCUT2D eigenvalue weighted by atomic mass is 14.9. The van der Waals surface area contributed by atoms with E-state index in [0.717, 1.165) is 78.0 Å². The molecule has 0 atom stereocenters. The Hall–Kier alpha value is -4.51. The monoisotopic (exact) mass is 497 g/mol. The highest BCUT2D eigenvalue weighted by Gasteiger charge is 2.17. The summed E-state index contributed by atoms with van der Waals surface area (Å²) in [6.07, 6.45) is 5.71. The fourth-order valence-electron chi connectivity index (χ4n) is 5.13. The largest absolute Gasteiger partial charge is 0.342 e. The Labute approximate surface area is 222 Å². The summed E-state index contributed by atoms with van der Waals surface area (Å²) in [4.78, 5) is 21.4. The fourth-order valence-corrected chi connectivity index (χ4v) is 5.13. The Balaban J connectivity index is 1.46. The summed E-state index contributed by atoms with van der Waals surface area (Å²) in [5, 5.41) is 3.28. The number of aromatic amines is 2. The van der Waals surface area contributed by atoms with Crippen LogP contribution >= 0.6 is 0 Å². The second-order valence-electron chi connectivity index (χ2n) is 10.4. The number of benzene rings is 3. The maximum Gasteiger partial charge on any atom is 0.109 e. The van der Waals surface area contributed by atoms with Crippen LogP contribution in [0.4, 0.5) is 0 Å². The van der Waals surface area contributed by atoms with Crippen LogP contribution in [-0.4, -0.2) is 24.9 Å². The van der Waals surface area contributed by atoms with Crippen molar-refractivity contribution in [3.8, 4) is 22.5 Å². The average Bonchev–Trinajstić information content (AvgIpc) is 3.60. The van der Waals surface area contributed by atoms with Gasteiger partial charge in [-0.2, -0.15) is 0 Å². The van der Waals surface area contributed by atoms with E-state index in [1.54, 1.807) is 0 Å². The quantitative estimate of drug-likeness (QED) is 0.241. The Morgan fingerprint density at radius 1 is 0.737 bits per heavy atom. The number of aromatic nitrogens is 5. The van der Waals surface area contributed by atoms with Gasteiger partial charge in [-0.05, 0) is 35.2 Å². The third kappa shape index (κ3) is 3.82. The van der Waals surface area contributed by atoms with Crippen LogP contribution in [0.15, 0.2) is 67.9 Å². The molecule has 3 aromatic heterocycles. The van der Waals surface area contributed by atoms with Crippen molar-refractivity contribution in [1.29, 1.82) is 0 Å². The van der Waals surface area contributed by atoms with Crippen LogP contribution in [-0.2, 0) is 0 Å². The van der Waals surface area contributed by atoms with E-state index >= 15 is 0 Å². The van der Waals surface area contributed by atoms with Crippen molar-refractivity contribution in [2.24, 2.45) is 0 Å². The van der Waals surface area contributed by atoms with Crippen LogP contribution in [0.2, 0.25) is 0 Å². The molecule has 0 unspecified atom stereocenters. The van der Waals surface area contributed by atoms with E-state index in [0.29, 0.717) is 11.8 Å². The van der Waals surface area contributed by atoms with Crippen molar-refractivity contribution in [2.75, 3.05) is 0 Å². The van der Waals surface area contributed by atoms with E-state index in [-0.39, 0.29) is 0 Å². The first-order valence-electron chi connectivity index (χ1n) is 13.1. The van der Waals surface area contributed by atoms with Crippen LogP contribution in [0, 0.1) is 0 Å². The van der Waals surface area contributed by atoms with Crippen LogP contribution in [0.1, 0.15) is 62.3 Å². The molecule has 2 N–H and O–H groups in total. The standard InChI is InChI=1S/C33H31N5/c1-7-23-24(8-2)30-31(38-33(37-30)19(5)6)25-12-9-22(16-26(23)25)28-13-10-20-15-21(11-14-27(20)35-28)29-17-34-32(36-29)18(3)4/h7-19H,1-2H2,3-6H3,(H,34,36)(H,37,38). The zero-order valence-electron chi connectivity index (χ0n) is 22.3. The first kappa shape index (κ1) is 23.9. The SMILES string of the molecule is C=Cc1c(C=C)c2[nH]c(C(C)C)nc2c2ccc(-c3ccc4cc(-c5cnc(C(C)C)[nH]5)ccc4n3)cc12. The van der Waals surface area contributed by atoms with Gasteiger partial charge in [-0.25, -0.2) is 15.0 Å². The fraction of sp³-hybridized carbons (Fsp3) is 0.182. The third-order valence-corrected chi connectivity index (χ3v) is 7.24. The summed E-state index contributed by atoms with van der Waals surface area (Å²) in [5.41, 5.74) is 9.11. The van der Waals surface area contributed by atoms with E-state index in [1.165, 1.54) is 0 Å². The van der Waals surface area contributed by atoms with Crippen molar-refractivity contribution >= 4 is 44.9 Å². The molecule has 188 valence electrons. The van der Waals surface area contributed by atoms with Crippen molar-refractivity contribution in [1.82, 2.24) is 24.9 Å². The van der Waals surface area contributed by atoms with Crippen LogP contribution in [0.3, 0.4) is 0 Å². The lowest BCUT2D eigenvalue weighted by Gasteiger charge is -2.11. The van der Waals surface area contributed by atoms with Gasteiger partial charge in [-0.1, -0.05) is 77.3 Å². The van der Waals surface area contributed by atoms with Crippen LogP contribution < -0.4 is 0 Å². The minimum absolute atomic E-state index is 0.300. The van der Waals surface area contributed by atoms with Crippen LogP contribution in [0.5, 0.6) is 0 Å². The molecule has 0 aliphatic rings. The molecule has 0 saturated carbocycles. The Morgan fingerprint density at radius 2 is 1.50 bits per heavy atom. The smallest absolute Gasteiger partial charge is 0.109 e. The number of hydrogen-bond acceptors (Lipinski definition) is 3.